The highest BCUT2D eigenvalue weighted by atomic mass is 16.5. The SMILES string of the molecule is CCOc1ccc(C(=O)N/N=C(\C)C2C(=O)c3ccccc3C2=O)cc1. The van der Waals surface area contributed by atoms with Gasteiger partial charge in [-0.25, -0.2) is 5.43 Å². The largest absolute Gasteiger partial charge is 0.494 e. The predicted molar refractivity (Wildman–Crippen MR) is 96.8 cm³/mol. The third kappa shape index (κ3) is 3.26. The summed E-state index contributed by atoms with van der Waals surface area (Å²) in [6.07, 6.45) is 0. The molecule has 6 nitrogen and oxygen atoms in total. The molecule has 0 unspecified atom stereocenters. The zero-order chi connectivity index (χ0) is 18.7. The third-order valence-electron chi connectivity index (χ3n) is 4.16. The van der Waals surface area contributed by atoms with E-state index in [4.69, 9.17) is 4.74 Å². The van der Waals surface area contributed by atoms with Crippen molar-refractivity contribution in [1.29, 1.82) is 0 Å². The molecule has 0 fully saturated rings. The van der Waals surface area contributed by atoms with Gasteiger partial charge in [0.15, 0.2) is 11.6 Å². The maximum atomic E-state index is 12.4. The van der Waals surface area contributed by atoms with Crippen molar-refractivity contribution in [3.05, 3.63) is 65.2 Å². The molecular weight excluding hydrogens is 332 g/mol. The van der Waals surface area contributed by atoms with Crippen LogP contribution < -0.4 is 10.2 Å². The number of nitrogens with zero attached hydrogens (tertiary/aromatic N) is 1. The van der Waals surface area contributed by atoms with Crippen LogP contribution in [0.15, 0.2) is 53.6 Å². The molecule has 0 radical (unpaired) electrons. The van der Waals surface area contributed by atoms with Crippen LogP contribution in [0.1, 0.15) is 44.9 Å². The molecule has 132 valence electrons. The highest BCUT2D eigenvalue weighted by Crippen LogP contribution is 2.27. The van der Waals surface area contributed by atoms with Crippen LogP contribution in [0.2, 0.25) is 0 Å². The number of hydrogen-bond donors (Lipinski definition) is 1. The van der Waals surface area contributed by atoms with E-state index in [1.54, 1.807) is 55.5 Å². The molecule has 1 aliphatic rings. The Morgan fingerprint density at radius 1 is 1.04 bits per heavy atom. The number of fused-ring (bicyclic) bond motifs is 1. The fraction of sp³-hybridized carbons (Fsp3) is 0.200. The molecule has 3 rings (SSSR count). The maximum absolute atomic E-state index is 12.4. The van der Waals surface area contributed by atoms with Crippen LogP contribution in [0, 0.1) is 5.92 Å². The smallest absolute Gasteiger partial charge is 0.271 e. The Hall–Kier alpha value is -3.28. The molecule has 6 heteroatoms. The summed E-state index contributed by atoms with van der Waals surface area (Å²) in [5.41, 5.74) is 3.85. The molecule has 2 aromatic rings. The van der Waals surface area contributed by atoms with Crippen molar-refractivity contribution in [3.63, 3.8) is 0 Å². The highest BCUT2D eigenvalue weighted by molar-refractivity contribution is 6.36. The minimum atomic E-state index is -0.979. The molecule has 0 spiro atoms. The number of hydrazone groups is 1. The van der Waals surface area contributed by atoms with E-state index in [1.165, 1.54) is 0 Å². The van der Waals surface area contributed by atoms with Gasteiger partial charge in [0.1, 0.15) is 11.7 Å². The van der Waals surface area contributed by atoms with E-state index in [2.05, 4.69) is 10.5 Å². The van der Waals surface area contributed by atoms with Crippen molar-refractivity contribution in [3.8, 4) is 5.75 Å². The van der Waals surface area contributed by atoms with Gasteiger partial charge in [0.05, 0.1) is 12.3 Å². The molecule has 2 aromatic carbocycles. The quantitative estimate of drug-likeness (QED) is 0.510. The minimum Gasteiger partial charge on any atom is -0.494 e. The summed E-state index contributed by atoms with van der Waals surface area (Å²) >= 11 is 0. The van der Waals surface area contributed by atoms with Crippen LogP contribution in [0.5, 0.6) is 5.75 Å². The normalized spacial score (nSPS) is 14.3. The Balaban J connectivity index is 1.72. The van der Waals surface area contributed by atoms with E-state index >= 15 is 0 Å². The first-order valence-electron chi connectivity index (χ1n) is 8.27. The Morgan fingerprint density at radius 3 is 2.15 bits per heavy atom. The standard InChI is InChI=1S/C20H18N2O4/c1-3-26-14-10-8-13(9-11-14)20(25)22-21-12(2)17-18(23)15-6-4-5-7-16(15)19(17)24/h4-11,17H,3H2,1-2H3,(H,22,25)/b21-12+. The number of Topliss-reactive ketones (excluding diaryl/α,β-unsaturated/α-hetero) is 2. The van der Waals surface area contributed by atoms with Gasteiger partial charge in [0.2, 0.25) is 0 Å². The average molecular weight is 350 g/mol. The number of benzene rings is 2. The van der Waals surface area contributed by atoms with Crippen molar-refractivity contribution >= 4 is 23.2 Å². The average Bonchev–Trinajstić information content (AvgIpc) is 2.91. The number of carbonyl (C=O) groups is 3. The summed E-state index contributed by atoms with van der Waals surface area (Å²) in [6.45, 7) is 3.98. The topological polar surface area (TPSA) is 84.8 Å². The van der Waals surface area contributed by atoms with Crippen molar-refractivity contribution in [2.45, 2.75) is 13.8 Å². The van der Waals surface area contributed by atoms with Crippen LogP contribution >= 0.6 is 0 Å². The van der Waals surface area contributed by atoms with E-state index in [0.29, 0.717) is 29.0 Å². The Bertz CT molecular complexity index is 865. The summed E-state index contributed by atoms with van der Waals surface area (Å²) in [4.78, 5) is 37.1. The molecular formula is C20H18N2O4. The third-order valence-corrected chi connectivity index (χ3v) is 4.16. The van der Waals surface area contributed by atoms with Gasteiger partial charge in [-0.05, 0) is 38.1 Å². The molecule has 1 N–H and O–H groups in total. The molecule has 26 heavy (non-hydrogen) atoms. The Kier molecular flexibility index (Phi) is 4.93. The van der Waals surface area contributed by atoms with E-state index < -0.39 is 11.8 Å². The number of ketones is 2. The first kappa shape index (κ1) is 17.5. The van der Waals surface area contributed by atoms with Gasteiger partial charge >= 0.3 is 0 Å². The molecule has 0 aromatic heterocycles. The van der Waals surface area contributed by atoms with Gasteiger partial charge in [0.25, 0.3) is 5.91 Å². The zero-order valence-electron chi connectivity index (χ0n) is 14.5. The molecule has 0 aliphatic heterocycles. The number of ether oxygens (including phenoxy) is 1. The van der Waals surface area contributed by atoms with Gasteiger partial charge < -0.3 is 4.74 Å². The first-order valence-corrected chi connectivity index (χ1v) is 8.27. The lowest BCUT2D eigenvalue weighted by Crippen LogP contribution is -2.27. The fourth-order valence-electron chi connectivity index (χ4n) is 2.86. The Labute approximate surface area is 150 Å². The van der Waals surface area contributed by atoms with E-state index in [9.17, 15) is 14.4 Å². The Morgan fingerprint density at radius 2 is 1.62 bits per heavy atom. The predicted octanol–water partition coefficient (Wildman–Crippen LogP) is 2.89. The van der Waals surface area contributed by atoms with Crippen LogP contribution in [0.25, 0.3) is 0 Å². The summed E-state index contributed by atoms with van der Waals surface area (Å²) in [6, 6.07) is 13.3. The summed E-state index contributed by atoms with van der Waals surface area (Å²) in [7, 11) is 0. The molecule has 0 bridgehead atoms. The number of hydrogen-bond acceptors (Lipinski definition) is 5. The van der Waals surface area contributed by atoms with Gasteiger partial charge in [-0.3, -0.25) is 14.4 Å². The number of carbonyl (C=O) groups excluding carboxylic acids is 3. The highest BCUT2D eigenvalue weighted by Gasteiger charge is 2.40. The molecule has 0 heterocycles. The lowest BCUT2D eigenvalue weighted by atomic mass is 9.99. The maximum Gasteiger partial charge on any atom is 0.271 e. The van der Waals surface area contributed by atoms with Gasteiger partial charge in [-0.1, -0.05) is 24.3 Å². The van der Waals surface area contributed by atoms with Crippen molar-refractivity contribution in [2.75, 3.05) is 6.61 Å². The minimum absolute atomic E-state index is 0.260. The molecule has 1 amide bonds. The second kappa shape index (κ2) is 7.31. The number of rotatable bonds is 5. The van der Waals surface area contributed by atoms with E-state index in [-0.39, 0.29) is 17.3 Å². The lowest BCUT2D eigenvalue weighted by molar-refractivity contribution is 0.0877. The van der Waals surface area contributed by atoms with Crippen molar-refractivity contribution in [1.82, 2.24) is 5.43 Å². The molecule has 0 saturated heterocycles. The second-order valence-electron chi connectivity index (χ2n) is 5.86. The fourth-order valence-corrected chi connectivity index (χ4v) is 2.86. The summed E-state index contributed by atoms with van der Waals surface area (Å²) in [5, 5.41) is 3.97. The number of nitrogens with one attached hydrogen (secondary N) is 1. The summed E-state index contributed by atoms with van der Waals surface area (Å²) in [5.74, 6) is -1.32. The van der Waals surface area contributed by atoms with Crippen molar-refractivity contribution in [2.24, 2.45) is 11.0 Å². The monoisotopic (exact) mass is 350 g/mol. The summed E-state index contributed by atoms with van der Waals surface area (Å²) < 4.78 is 5.33. The van der Waals surface area contributed by atoms with Crippen LogP contribution in [0.3, 0.4) is 0 Å². The van der Waals surface area contributed by atoms with Crippen LogP contribution in [-0.2, 0) is 0 Å². The first-order chi connectivity index (χ1) is 12.5. The van der Waals surface area contributed by atoms with Gasteiger partial charge in [-0.15, -0.1) is 0 Å². The molecule has 1 aliphatic carbocycles. The zero-order valence-corrected chi connectivity index (χ0v) is 14.5. The second-order valence-corrected chi connectivity index (χ2v) is 5.86. The van der Waals surface area contributed by atoms with E-state index in [0.717, 1.165) is 0 Å². The van der Waals surface area contributed by atoms with Gasteiger partial charge in [-0.2, -0.15) is 5.10 Å². The van der Waals surface area contributed by atoms with Crippen molar-refractivity contribution < 1.29 is 19.1 Å². The van der Waals surface area contributed by atoms with Crippen LogP contribution in [-0.4, -0.2) is 29.8 Å². The molecule has 0 atom stereocenters. The van der Waals surface area contributed by atoms with Gasteiger partial charge in [0, 0.05) is 16.7 Å². The van der Waals surface area contributed by atoms with E-state index in [1.807, 2.05) is 6.92 Å². The molecule has 0 saturated carbocycles. The number of amides is 1. The lowest BCUT2D eigenvalue weighted by Gasteiger charge is -2.07. The van der Waals surface area contributed by atoms with Crippen LogP contribution in [0.4, 0.5) is 0 Å².